The minimum atomic E-state index is -0.0396. The van der Waals surface area contributed by atoms with Gasteiger partial charge < -0.3 is 25.4 Å². The lowest BCUT2D eigenvalue weighted by molar-refractivity contribution is 0.131. The van der Waals surface area contributed by atoms with E-state index in [1.54, 1.807) is 11.3 Å². The Kier molecular flexibility index (Phi) is 5.34. The number of thiazole rings is 1. The summed E-state index contributed by atoms with van der Waals surface area (Å²) in [5.74, 6) is 0.605. The van der Waals surface area contributed by atoms with Crippen molar-refractivity contribution in [3.05, 3.63) is 11.6 Å². The van der Waals surface area contributed by atoms with Crippen LogP contribution in [0, 0.1) is 5.41 Å². The lowest BCUT2D eigenvalue weighted by atomic mass is 9.84. The topological polar surface area (TPSA) is 87.2 Å². The quantitative estimate of drug-likeness (QED) is 0.595. The maximum atomic E-state index is 9.27. The number of nitrogens with two attached hydrogens (primary N) is 1. The highest BCUT2D eigenvalue weighted by atomic mass is 32.1. The molecule has 3 N–H and O–H groups in total. The van der Waals surface area contributed by atoms with Crippen molar-refractivity contribution in [3.8, 4) is 0 Å². The predicted molar refractivity (Wildman–Crippen MR) is 92.0 cm³/mol. The molecule has 3 heterocycles. The van der Waals surface area contributed by atoms with E-state index >= 15 is 0 Å². The van der Waals surface area contributed by atoms with Crippen molar-refractivity contribution in [2.75, 3.05) is 57.4 Å². The van der Waals surface area contributed by atoms with E-state index in [0.29, 0.717) is 19.1 Å². The summed E-state index contributed by atoms with van der Waals surface area (Å²) in [6.45, 7) is 5.77. The molecular weight excluding hydrogens is 314 g/mol. The van der Waals surface area contributed by atoms with Crippen molar-refractivity contribution >= 4 is 22.4 Å². The highest BCUT2D eigenvalue weighted by molar-refractivity contribution is 7.13. The molecule has 0 amide bonds. The van der Waals surface area contributed by atoms with Gasteiger partial charge in [0.05, 0.1) is 13.2 Å². The fourth-order valence-corrected chi connectivity index (χ4v) is 3.83. The zero-order chi connectivity index (χ0) is 16.1. The zero-order valence-corrected chi connectivity index (χ0v) is 14.2. The van der Waals surface area contributed by atoms with Gasteiger partial charge in [-0.15, -0.1) is 11.3 Å². The molecule has 1 aromatic rings. The molecule has 0 radical (unpaired) electrons. The van der Waals surface area contributed by atoms with Gasteiger partial charge in [-0.1, -0.05) is 0 Å². The normalized spacial score (nSPS) is 26.0. The first-order valence-electron chi connectivity index (χ1n) is 8.10. The maximum absolute atomic E-state index is 9.27. The molecule has 0 saturated carbocycles. The number of hydrogen-bond acceptors (Lipinski definition) is 6. The van der Waals surface area contributed by atoms with Crippen molar-refractivity contribution in [1.82, 2.24) is 9.88 Å². The number of piperazine rings is 1. The summed E-state index contributed by atoms with van der Waals surface area (Å²) in [4.78, 5) is 13.4. The number of aliphatic hydroxyl groups is 1. The Bertz CT molecular complexity index is 508. The van der Waals surface area contributed by atoms with Crippen molar-refractivity contribution in [1.29, 1.82) is 0 Å². The number of aliphatic imine (C=N–C) groups is 1. The summed E-state index contributed by atoms with van der Waals surface area (Å²) in [5.41, 5.74) is 6.15. The molecule has 1 aromatic heterocycles. The fraction of sp³-hybridized carbons (Fsp3) is 0.733. The predicted octanol–water partition coefficient (Wildman–Crippen LogP) is 0.369. The molecule has 23 heavy (non-hydrogen) atoms. The number of guanidine groups is 1. The molecule has 7 nitrogen and oxygen atoms in total. The number of aromatic nitrogens is 1. The molecule has 1 unspecified atom stereocenters. The second-order valence-electron chi connectivity index (χ2n) is 6.24. The Morgan fingerprint density at radius 3 is 2.87 bits per heavy atom. The maximum Gasteiger partial charge on any atom is 0.191 e. The van der Waals surface area contributed by atoms with E-state index in [1.807, 2.05) is 11.6 Å². The molecule has 0 bridgehead atoms. The summed E-state index contributed by atoms with van der Waals surface area (Å²) in [6.07, 6.45) is 3.51. The minimum Gasteiger partial charge on any atom is -0.396 e. The average Bonchev–Trinajstić information content (AvgIpc) is 3.26. The number of aliphatic hydroxyl groups excluding tert-OH is 1. The Morgan fingerprint density at radius 1 is 1.43 bits per heavy atom. The van der Waals surface area contributed by atoms with Crippen LogP contribution in [-0.4, -0.2) is 73.5 Å². The first kappa shape index (κ1) is 16.5. The lowest BCUT2D eigenvalue weighted by Crippen LogP contribution is -2.51. The van der Waals surface area contributed by atoms with Crippen LogP contribution >= 0.6 is 11.3 Å². The second-order valence-corrected chi connectivity index (χ2v) is 7.11. The van der Waals surface area contributed by atoms with Crippen LogP contribution in [0.2, 0.25) is 0 Å². The third-order valence-electron chi connectivity index (χ3n) is 4.70. The molecule has 0 aromatic carbocycles. The summed E-state index contributed by atoms with van der Waals surface area (Å²) < 4.78 is 5.50. The summed E-state index contributed by atoms with van der Waals surface area (Å²) in [5, 5.41) is 12.3. The number of ether oxygens (including phenoxy) is 1. The Labute approximate surface area is 140 Å². The van der Waals surface area contributed by atoms with E-state index in [1.165, 1.54) is 0 Å². The zero-order valence-electron chi connectivity index (χ0n) is 13.4. The highest BCUT2D eigenvalue weighted by Gasteiger charge is 2.34. The van der Waals surface area contributed by atoms with Crippen LogP contribution < -0.4 is 10.6 Å². The fourth-order valence-electron chi connectivity index (χ4n) is 3.14. The molecular formula is C15H25N5O2S. The molecule has 8 heteroatoms. The van der Waals surface area contributed by atoms with Crippen LogP contribution in [0.5, 0.6) is 0 Å². The van der Waals surface area contributed by atoms with Crippen LogP contribution in [0.25, 0.3) is 0 Å². The molecule has 128 valence electrons. The SMILES string of the molecule is NC(=NCC1(CCO)CCOC1)N1CCN(c2nccs2)CC1. The lowest BCUT2D eigenvalue weighted by Gasteiger charge is -2.35. The third kappa shape index (κ3) is 3.94. The monoisotopic (exact) mass is 339 g/mol. The Hall–Kier alpha value is -1.38. The van der Waals surface area contributed by atoms with Gasteiger partial charge in [0.15, 0.2) is 11.1 Å². The van der Waals surface area contributed by atoms with Gasteiger partial charge in [0.2, 0.25) is 0 Å². The number of rotatable bonds is 5. The van der Waals surface area contributed by atoms with Gasteiger partial charge in [-0.05, 0) is 12.8 Å². The molecule has 0 spiro atoms. The highest BCUT2D eigenvalue weighted by Crippen LogP contribution is 2.32. The van der Waals surface area contributed by atoms with Gasteiger partial charge in [-0.25, -0.2) is 4.98 Å². The van der Waals surface area contributed by atoms with Gasteiger partial charge in [-0.3, -0.25) is 4.99 Å². The van der Waals surface area contributed by atoms with Crippen molar-refractivity contribution in [2.45, 2.75) is 12.8 Å². The largest absolute Gasteiger partial charge is 0.396 e. The standard InChI is InChI=1S/C15H25N5O2S/c16-13(18-11-15(1-8-21)2-9-22-12-15)19-4-6-20(7-5-19)14-17-3-10-23-14/h3,10,21H,1-2,4-9,11-12H2,(H2,16,18). The minimum absolute atomic E-state index is 0.0396. The third-order valence-corrected chi connectivity index (χ3v) is 5.53. The summed E-state index contributed by atoms with van der Waals surface area (Å²) in [6, 6.07) is 0. The number of hydrogen-bond donors (Lipinski definition) is 2. The Morgan fingerprint density at radius 2 is 2.26 bits per heavy atom. The molecule has 2 aliphatic rings. The second kappa shape index (κ2) is 7.46. The van der Waals surface area contributed by atoms with Crippen LogP contribution in [-0.2, 0) is 4.74 Å². The van der Waals surface area contributed by atoms with E-state index in [-0.39, 0.29) is 12.0 Å². The van der Waals surface area contributed by atoms with E-state index < -0.39 is 0 Å². The van der Waals surface area contributed by atoms with Crippen LogP contribution in [0.1, 0.15) is 12.8 Å². The van der Waals surface area contributed by atoms with Gasteiger partial charge in [0.25, 0.3) is 0 Å². The average molecular weight is 339 g/mol. The van der Waals surface area contributed by atoms with Crippen LogP contribution in [0.15, 0.2) is 16.6 Å². The Balaban J connectivity index is 1.53. The summed E-state index contributed by atoms with van der Waals surface area (Å²) in [7, 11) is 0. The van der Waals surface area contributed by atoms with Crippen molar-refractivity contribution < 1.29 is 9.84 Å². The van der Waals surface area contributed by atoms with E-state index in [0.717, 1.165) is 50.8 Å². The van der Waals surface area contributed by atoms with Crippen molar-refractivity contribution in [3.63, 3.8) is 0 Å². The van der Waals surface area contributed by atoms with Gasteiger partial charge in [-0.2, -0.15) is 0 Å². The van der Waals surface area contributed by atoms with Gasteiger partial charge >= 0.3 is 0 Å². The van der Waals surface area contributed by atoms with Crippen LogP contribution in [0.4, 0.5) is 5.13 Å². The first-order valence-corrected chi connectivity index (χ1v) is 8.98. The van der Waals surface area contributed by atoms with Gasteiger partial charge in [0, 0.05) is 56.4 Å². The molecule has 2 aliphatic heterocycles. The van der Waals surface area contributed by atoms with Crippen molar-refractivity contribution in [2.24, 2.45) is 16.1 Å². The number of nitrogens with zero attached hydrogens (tertiary/aromatic N) is 4. The van der Waals surface area contributed by atoms with Crippen LogP contribution in [0.3, 0.4) is 0 Å². The van der Waals surface area contributed by atoms with E-state index in [4.69, 9.17) is 10.5 Å². The summed E-state index contributed by atoms with van der Waals surface area (Å²) >= 11 is 1.67. The smallest absolute Gasteiger partial charge is 0.191 e. The molecule has 3 rings (SSSR count). The molecule has 1 atom stereocenters. The van der Waals surface area contributed by atoms with E-state index in [9.17, 15) is 5.11 Å². The molecule has 2 fully saturated rings. The van der Waals surface area contributed by atoms with E-state index in [2.05, 4.69) is 19.8 Å². The number of anilines is 1. The first-order chi connectivity index (χ1) is 11.2. The van der Waals surface area contributed by atoms with Gasteiger partial charge in [0.1, 0.15) is 0 Å². The molecule has 2 saturated heterocycles. The molecule has 0 aliphatic carbocycles.